The summed E-state index contributed by atoms with van der Waals surface area (Å²) in [5.41, 5.74) is 2.89. The highest BCUT2D eigenvalue weighted by Crippen LogP contribution is 2.05. The minimum atomic E-state index is 0.00134. The molecule has 1 amide bonds. The van der Waals surface area contributed by atoms with Crippen LogP contribution in [-0.2, 0) is 13.1 Å². The Hall–Kier alpha value is -2.20. The number of hydrogen-bond acceptors (Lipinski definition) is 3. The highest BCUT2D eigenvalue weighted by atomic mass is 16.1. The van der Waals surface area contributed by atoms with E-state index < -0.39 is 0 Å². The number of carbonyl (C=O) groups excluding carboxylic acids is 1. The molecule has 0 saturated heterocycles. The zero-order chi connectivity index (χ0) is 15.6. The molecule has 0 bridgehead atoms. The number of carbonyl (C=O) groups is 1. The molecule has 0 spiro atoms. The molecule has 1 aromatic heterocycles. The van der Waals surface area contributed by atoms with Gasteiger partial charge in [-0.3, -0.25) is 9.78 Å². The van der Waals surface area contributed by atoms with Gasteiger partial charge in [0.25, 0.3) is 5.91 Å². The molecule has 0 fully saturated rings. The molecule has 0 radical (unpaired) electrons. The topological polar surface area (TPSA) is 54.0 Å². The van der Waals surface area contributed by atoms with E-state index in [0.717, 1.165) is 43.7 Å². The monoisotopic (exact) mass is 297 g/mol. The van der Waals surface area contributed by atoms with Gasteiger partial charge in [0.15, 0.2) is 0 Å². The summed E-state index contributed by atoms with van der Waals surface area (Å²) >= 11 is 0. The van der Waals surface area contributed by atoms with Gasteiger partial charge in [-0.15, -0.1) is 0 Å². The van der Waals surface area contributed by atoms with Crippen LogP contribution in [0, 0.1) is 0 Å². The van der Waals surface area contributed by atoms with Crippen LogP contribution in [-0.4, -0.2) is 17.4 Å². The first-order valence-corrected chi connectivity index (χ1v) is 7.77. The predicted octanol–water partition coefficient (Wildman–Crippen LogP) is 2.90. The lowest BCUT2D eigenvalue weighted by molar-refractivity contribution is 0.0953. The van der Waals surface area contributed by atoms with Crippen LogP contribution in [0.5, 0.6) is 0 Å². The average molecular weight is 297 g/mol. The summed E-state index contributed by atoms with van der Waals surface area (Å²) in [6.45, 7) is 4.34. The van der Waals surface area contributed by atoms with E-state index in [4.69, 9.17) is 0 Å². The zero-order valence-corrected chi connectivity index (χ0v) is 13.0. The molecule has 0 aliphatic carbocycles. The maximum absolute atomic E-state index is 11.9. The summed E-state index contributed by atoms with van der Waals surface area (Å²) in [6.07, 6.45) is 3.89. The lowest BCUT2D eigenvalue weighted by Crippen LogP contribution is -2.24. The number of unbranched alkanes of at least 4 members (excludes halogenated alkanes) is 1. The van der Waals surface area contributed by atoms with Crippen LogP contribution < -0.4 is 10.6 Å². The molecule has 0 aliphatic rings. The number of hydrogen-bond donors (Lipinski definition) is 2. The first-order valence-electron chi connectivity index (χ1n) is 7.77. The fourth-order valence-electron chi connectivity index (χ4n) is 2.09. The van der Waals surface area contributed by atoms with Gasteiger partial charge in [-0.2, -0.15) is 0 Å². The number of pyridine rings is 1. The second-order valence-corrected chi connectivity index (χ2v) is 5.23. The molecule has 0 atom stereocenters. The average Bonchev–Trinajstić information content (AvgIpc) is 2.56. The highest BCUT2D eigenvalue weighted by Gasteiger charge is 2.04. The van der Waals surface area contributed by atoms with Crippen molar-refractivity contribution in [2.24, 2.45) is 0 Å². The standard InChI is InChI=1S/C18H23N3O/c1-2-3-11-21-18(22)16-9-7-15(8-10-16)13-19-14-17-6-4-5-12-20-17/h4-10,12,19H,2-3,11,13-14H2,1H3,(H,21,22). The van der Waals surface area contributed by atoms with Crippen molar-refractivity contribution < 1.29 is 4.79 Å². The van der Waals surface area contributed by atoms with E-state index in [0.29, 0.717) is 5.56 Å². The number of aromatic nitrogens is 1. The Bertz CT molecular complexity index is 567. The Morgan fingerprint density at radius 2 is 1.91 bits per heavy atom. The first kappa shape index (κ1) is 16.2. The number of amides is 1. The van der Waals surface area contributed by atoms with Gasteiger partial charge in [-0.25, -0.2) is 0 Å². The lowest BCUT2D eigenvalue weighted by Gasteiger charge is -2.07. The molecule has 2 rings (SSSR count). The summed E-state index contributed by atoms with van der Waals surface area (Å²) in [4.78, 5) is 16.2. The third kappa shape index (κ3) is 5.30. The van der Waals surface area contributed by atoms with Crippen molar-refractivity contribution in [3.8, 4) is 0 Å². The fraction of sp³-hybridized carbons (Fsp3) is 0.333. The summed E-state index contributed by atoms with van der Waals surface area (Å²) < 4.78 is 0. The Morgan fingerprint density at radius 3 is 2.59 bits per heavy atom. The van der Waals surface area contributed by atoms with Crippen molar-refractivity contribution >= 4 is 5.91 Å². The molecule has 22 heavy (non-hydrogen) atoms. The van der Waals surface area contributed by atoms with E-state index in [1.807, 2.05) is 42.5 Å². The quantitative estimate of drug-likeness (QED) is 0.737. The molecular weight excluding hydrogens is 274 g/mol. The molecule has 0 saturated carbocycles. The van der Waals surface area contributed by atoms with Crippen molar-refractivity contribution in [2.75, 3.05) is 6.54 Å². The van der Waals surface area contributed by atoms with Crippen LogP contribution in [0.2, 0.25) is 0 Å². The maximum Gasteiger partial charge on any atom is 0.251 e. The number of nitrogens with one attached hydrogen (secondary N) is 2. The minimum Gasteiger partial charge on any atom is -0.352 e. The highest BCUT2D eigenvalue weighted by molar-refractivity contribution is 5.94. The van der Waals surface area contributed by atoms with Crippen LogP contribution in [0.4, 0.5) is 0 Å². The Balaban J connectivity index is 1.78. The Labute approximate surface area is 132 Å². The van der Waals surface area contributed by atoms with E-state index in [1.54, 1.807) is 6.20 Å². The molecule has 116 valence electrons. The van der Waals surface area contributed by atoms with E-state index in [2.05, 4.69) is 22.5 Å². The van der Waals surface area contributed by atoms with Crippen molar-refractivity contribution in [3.63, 3.8) is 0 Å². The van der Waals surface area contributed by atoms with E-state index >= 15 is 0 Å². The van der Waals surface area contributed by atoms with Crippen LogP contribution in [0.1, 0.15) is 41.4 Å². The lowest BCUT2D eigenvalue weighted by atomic mass is 10.1. The number of nitrogens with zero attached hydrogens (tertiary/aromatic N) is 1. The third-order valence-electron chi connectivity index (χ3n) is 3.39. The van der Waals surface area contributed by atoms with Crippen LogP contribution in [0.25, 0.3) is 0 Å². The minimum absolute atomic E-state index is 0.00134. The van der Waals surface area contributed by atoms with Gasteiger partial charge < -0.3 is 10.6 Å². The number of rotatable bonds is 8. The second-order valence-electron chi connectivity index (χ2n) is 5.23. The normalized spacial score (nSPS) is 10.4. The number of benzene rings is 1. The smallest absolute Gasteiger partial charge is 0.251 e. The van der Waals surface area contributed by atoms with Crippen LogP contribution in [0.3, 0.4) is 0 Å². The first-order chi connectivity index (χ1) is 10.8. The molecule has 1 heterocycles. The third-order valence-corrected chi connectivity index (χ3v) is 3.39. The van der Waals surface area contributed by atoms with E-state index in [9.17, 15) is 4.79 Å². The molecule has 2 aromatic rings. The van der Waals surface area contributed by atoms with Gasteiger partial charge in [-0.1, -0.05) is 31.5 Å². The summed E-state index contributed by atoms with van der Waals surface area (Å²) in [7, 11) is 0. The second kappa shape index (κ2) is 8.95. The largest absolute Gasteiger partial charge is 0.352 e. The van der Waals surface area contributed by atoms with Gasteiger partial charge in [0, 0.05) is 31.4 Å². The van der Waals surface area contributed by atoms with Crippen LogP contribution in [0.15, 0.2) is 48.7 Å². The summed E-state index contributed by atoms with van der Waals surface area (Å²) in [5.74, 6) is 0.00134. The fourth-order valence-corrected chi connectivity index (χ4v) is 2.09. The SMILES string of the molecule is CCCCNC(=O)c1ccc(CNCc2ccccn2)cc1. The molecule has 0 aliphatic heterocycles. The molecule has 4 nitrogen and oxygen atoms in total. The van der Waals surface area contributed by atoms with Gasteiger partial charge in [0.2, 0.25) is 0 Å². The van der Waals surface area contributed by atoms with Crippen molar-refractivity contribution in [2.45, 2.75) is 32.9 Å². The van der Waals surface area contributed by atoms with E-state index in [-0.39, 0.29) is 5.91 Å². The predicted molar refractivity (Wildman–Crippen MR) is 88.5 cm³/mol. The van der Waals surface area contributed by atoms with Crippen LogP contribution >= 0.6 is 0 Å². The van der Waals surface area contributed by atoms with Gasteiger partial charge in [-0.05, 0) is 36.2 Å². The van der Waals surface area contributed by atoms with Gasteiger partial charge >= 0.3 is 0 Å². The summed E-state index contributed by atoms with van der Waals surface area (Å²) in [5, 5.41) is 6.27. The van der Waals surface area contributed by atoms with E-state index in [1.165, 1.54) is 0 Å². The zero-order valence-electron chi connectivity index (χ0n) is 13.0. The van der Waals surface area contributed by atoms with Crippen molar-refractivity contribution in [1.82, 2.24) is 15.6 Å². The van der Waals surface area contributed by atoms with Gasteiger partial charge in [0.1, 0.15) is 0 Å². The summed E-state index contributed by atoms with van der Waals surface area (Å²) in [6, 6.07) is 13.6. The van der Waals surface area contributed by atoms with Crippen molar-refractivity contribution in [3.05, 3.63) is 65.5 Å². The molecule has 1 aromatic carbocycles. The van der Waals surface area contributed by atoms with Crippen molar-refractivity contribution in [1.29, 1.82) is 0 Å². The molecule has 2 N–H and O–H groups in total. The molecule has 4 heteroatoms. The molecule has 0 unspecified atom stereocenters. The molecular formula is C18H23N3O. The Kier molecular flexibility index (Phi) is 6.58. The van der Waals surface area contributed by atoms with Gasteiger partial charge in [0.05, 0.1) is 5.69 Å². The Morgan fingerprint density at radius 1 is 1.09 bits per heavy atom. The maximum atomic E-state index is 11.9.